The van der Waals surface area contributed by atoms with Gasteiger partial charge in [-0.05, 0) is 27.4 Å². The van der Waals surface area contributed by atoms with E-state index in [0.29, 0.717) is 11.9 Å². The highest BCUT2D eigenvalue weighted by atomic mass is 35.5. The minimum absolute atomic E-state index is 0.493. The molecule has 0 amide bonds. The minimum Gasteiger partial charge on any atom is -0.306 e. The summed E-state index contributed by atoms with van der Waals surface area (Å²) in [4.78, 5) is 2.11. The Balaban J connectivity index is 3.17. The van der Waals surface area contributed by atoms with E-state index in [1.807, 2.05) is 14.1 Å². The molecule has 49 valence electrons. The lowest BCUT2D eigenvalue weighted by Crippen LogP contribution is -2.25. The van der Waals surface area contributed by atoms with Crippen LogP contribution in [0.3, 0.4) is 0 Å². The van der Waals surface area contributed by atoms with Crippen molar-refractivity contribution < 1.29 is 0 Å². The molecule has 1 nitrogen and oxygen atoms in total. The molecule has 0 aromatic rings. The van der Waals surface area contributed by atoms with Crippen LogP contribution in [-0.4, -0.2) is 30.9 Å². The van der Waals surface area contributed by atoms with E-state index in [-0.39, 0.29) is 0 Å². The van der Waals surface area contributed by atoms with Crippen molar-refractivity contribution in [2.24, 2.45) is 0 Å². The van der Waals surface area contributed by atoms with Gasteiger partial charge >= 0.3 is 0 Å². The average Bonchev–Trinajstić information content (AvgIpc) is 1.67. The molecule has 0 saturated carbocycles. The first-order chi connectivity index (χ1) is 3.68. The van der Waals surface area contributed by atoms with Gasteiger partial charge in [0.05, 0.1) is 0 Å². The van der Waals surface area contributed by atoms with Crippen molar-refractivity contribution in [3.63, 3.8) is 0 Å². The van der Waals surface area contributed by atoms with Gasteiger partial charge in [-0.1, -0.05) is 0 Å². The monoisotopic (exact) mass is 134 g/mol. The number of alkyl halides is 1. The van der Waals surface area contributed by atoms with Gasteiger partial charge in [0.2, 0.25) is 0 Å². The summed E-state index contributed by atoms with van der Waals surface area (Å²) < 4.78 is 0. The van der Waals surface area contributed by atoms with Gasteiger partial charge in [-0.15, -0.1) is 11.6 Å². The molecular weight excluding hydrogens is 122 g/mol. The van der Waals surface area contributed by atoms with E-state index >= 15 is 0 Å². The van der Waals surface area contributed by atoms with Crippen molar-refractivity contribution in [3.8, 4) is 0 Å². The topological polar surface area (TPSA) is 3.24 Å². The average molecular weight is 135 g/mol. The summed E-state index contributed by atoms with van der Waals surface area (Å²) in [5, 5.41) is 0. The van der Waals surface area contributed by atoms with Crippen LogP contribution in [0, 0.1) is 6.42 Å². The molecule has 0 aromatic carbocycles. The summed E-state index contributed by atoms with van der Waals surface area (Å²) in [7, 11) is 4.07. The van der Waals surface area contributed by atoms with Crippen LogP contribution in [0.2, 0.25) is 0 Å². The first-order valence-electron chi connectivity index (χ1n) is 2.74. The van der Waals surface area contributed by atoms with Crippen LogP contribution in [0.4, 0.5) is 0 Å². The summed E-state index contributed by atoms with van der Waals surface area (Å²) in [5.41, 5.74) is 0. The Morgan fingerprint density at radius 2 is 2.12 bits per heavy atom. The highest BCUT2D eigenvalue weighted by Gasteiger charge is 2.01. The molecule has 1 unspecified atom stereocenters. The smallest absolute Gasteiger partial charge is 0.0270 e. The first kappa shape index (κ1) is 8.25. The maximum absolute atomic E-state index is 5.46. The Bertz CT molecular complexity index is 54.5. The third kappa shape index (κ3) is 3.28. The van der Waals surface area contributed by atoms with Crippen LogP contribution in [0.1, 0.15) is 6.92 Å². The van der Waals surface area contributed by atoms with E-state index in [1.54, 1.807) is 0 Å². The Morgan fingerprint density at radius 3 is 2.25 bits per heavy atom. The number of rotatable bonds is 3. The molecule has 0 bridgehead atoms. The third-order valence-electron chi connectivity index (χ3n) is 1.24. The lowest BCUT2D eigenvalue weighted by Gasteiger charge is -2.17. The molecule has 0 heterocycles. The zero-order valence-corrected chi connectivity index (χ0v) is 6.44. The zero-order chi connectivity index (χ0) is 6.57. The maximum atomic E-state index is 5.46. The van der Waals surface area contributed by atoms with Crippen molar-refractivity contribution in [1.82, 2.24) is 4.90 Å². The second kappa shape index (κ2) is 4.16. The molecule has 0 aliphatic rings. The number of nitrogens with zero attached hydrogens (tertiary/aromatic N) is 1. The highest BCUT2D eigenvalue weighted by molar-refractivity contribution is 6.18. The maximum Gasteiger partial charge on any atom is 0.0270 e. The van der Waals surface area contributed by atoms with Gasteiger partial charge in [0.1, 0.15) is 0 Å². The fourth-order valence-electron chi connectivity index (χ4n) is 0.340. The number of hydrogen-bond donors (Lipinski definition) is 0. The summed E-state index contributed by atoms with van der Waals surface area (Å²) in [5.74, 6) is 0.638. The lowest BCUT2D eigenvalue weighted by molar-refractivity contribution is 0.347. The molecule has 0 fully saturated rings. The normalized spacial score (nSPS) is 14.6. The fraction of sp³-hybridized carbons (Fsp3) is 0.833. The van der Waals surface area contributed by atoms with E-state index in [2.05, 4.69) is 18.2 Å². The largest absolute Gasteiger partial charge is 0.306 e. The SMILES string of the molecule is CC([CH]CCl)N(C)C. The molecule has 1 radical (unpaired) electrons. The molecule has 0 saturated heterocycles. The summed E-state index contributed by atoms with van der Waals surface area (Å²) in [6.07, 6.45) is 2.06. The fourth-order valence-corrected chi connectivity index (χ4v) is 0.598. The van der Waals surface area contributed by atoms with Gasteiger partial charge in [0.25, 0.3) is 0 Å². The van der Waals surface area contributed by atoms with Crippen LogP contribution < -0.4 is 0 Å². The van der Waals surface area contributed by atoms with Gasteiger partial charge in [-0.3, -0.25) is 0 Å². The number of hydrogen-bond acceptors (Lipinski definition) is 1. The minimum atomic E-state index is 0.493. The molecule has 0 rings (SSSR count). The number of halogens is 1. The second-order valence-electron chi connectivity index (χ2n) is 2.09. The molecule has 1 atom stereocenters. The predicted octanol–water partition coefficient (Wildman–Crippen LogP) is 1.38. The summed E-state index contributed by atoms with van der Waals surface area (Å²) in [6, 6.07) is 0.493. The van der Waals surface area contributed by atoms with Gasteiger partial charge in [-0.2, -0.15) is 0 Å². The molecule has 0 aliphatic heterocycles. The molecule has 0 aromatic heterocycles. The zero-order valence-electron chi connectivity index (χ0n) is 5.69. The second-order valence-corrected chi connectivity index (χ2v) is 2.40. The van der Waals surface area contributed by atoms with Gasteiger partial charge in [-0.25, -0.2) is 0 Å². The Hall–Kier alpha value is 0.250. The molecule has 0 aliphatic carbocycles. The quantitative estimate of drug-likeness (QED) is 0.528. The molecule has 0 spiro atoms. The van der Waals surface area contributed by atoms with Gasteiger partial charge < -0.3 is 4.90 Å². The first-order valence-corrected chi connectivity index (χ1v) is 3.27. The van der Waals surface area contributed by atoms with Crippen LogP contribution >= 0.6 is 11.6 Å². The summed E-state index contributed by atoms with van der Waals surface area (Å²) >= 11 is 5.46. The van der Waals surface area contributed by atoms with Crippen LogP contribution in [-0.2, 0) is 0 Å². The lowest BCUT2D eigenvalue weighted by atomic mass is 10.2. The Morgan fingerprint density at radius 1 is 1.62 bits per heavy atom. The molecule has 0 N–H and O–H groups in total. The third-order valence-corrected chi connectivity index (χ3v) is 1.42. The van der Waals surface area contributed by atoms with Crippen molar-refractivity contribution in [3.05, 3.63) is 6.42 Å². The summed E-state index contributed by atoms with van der Waals surface area (Å²) in [6.45, 7) is 2.11. The van der Waals surface area contributed by atoms with Crippen molar-refractivity contribution >= 4 is 11.6 Å². The van der Waals surface area contributed by atoms with Crippen LogP contribution in [0.25, 0.3) is 0 Å². The van der Waals surface area contributed by atoms with E-state index < -0.39 is 0 Å². The van der Waals surface area contributed by atoms with Gasteiger partial charge in [0.15, 0.2) is 0 Å². The molecular formula is C6H13ClN. The van der Waals surface area contributed by atoms with Crippen molar-refractivity contribution in [1.29, 1.82) is 0 Å². The van der Waals surface area contributed by atoms with E-state index in [4.69, 9.17) is 11.6 Å². The van der Waals surface area contributed by atoms with Gasteiger partial charge in [0, 0.05) is 11.9 Å². The molecule has 8 heavy (non-hydrogen) atoms. The highest BCUT2D eigenvalue weighted by Crippen LogP contribution is 1.96. The predicted molar refractivity (Wildman–Crippen MR) is 38.2 cm³/mol. The van der Waals surface area contributed by atoms with Crippen molar-refractivity contribution in [2.75, 3.05) is 20.0 Å². The standard InChI is InChI=1S/C6H13ClN/c1-6(4-5-7)8(2)3/h4,6H,5H2,1-3H3. The van der Waals surface area contributed by atoms with Crippen molar-refractivity contribution in [2.45, 2.75) is 13.0 Å². The van der Waals surface area contributed by atoms with Crippen LogP contribution in [0.5, 0.6) is 0 Å². The van der Waals surface area contributed by atoms with E-state index in [9.17, 15) is 0 Å². The van der Waals surface area contributed by atoms with E-state index in [0.717, 1.165) is 0 Å². The molecule has 2 heteroatoms. The Labute approximate surface area is 56.6 Å². The van der Waals surface area contributed by atoms with E-state index in [1.165, 1.54) is 0 Å². The van der Waals surface area contributed by atoms with Crippen LogP contribution in [0.15, 0.2) is 0 Å². The Kier molecular flexibility index (Phi) is 4.29.